The van der Waals surface area contributed by atoms with Gasteiger partial charge in [-0.05, 0) is 22.3 Å². The van der Waals surface area contributed by atoms with E-state index in [2.05, 4.69) is 26.3 Å². The number of hydrogen-bond acceptors (Lipinski definition) is 0. The predicted octanol–water partition coefficient (Wildman–Crippen LogP) is 4.55. The molecule has 0 saturated heterocycles. The van der Waals surface area contributed by atoms with Gasteiger partial charge >= 0.3 is 0 Å². The molecule has 0 fully saturated rings. The Bertz CT molecular complexity index is 444. The van der Waals surface area contributed by atoms with Gasteiger partial charge in [0.25, 0.3) is 0 Å². The second-order valence-corrected chi connectivity index (χ2v) is 3.39. The Morgan fingerprint density at radius 3 is 2.12 bits per heavy atom. The summed E-state index contributed by atoms with van der Waals surface area (Å²) in [5.41, 5.74) is 3.84. The molecule has 0 aliphatic carbocycles. The summed E-state index contributed by atoms with van der Waals surface area (Å²) in [4.78, 5) is 0. The number of rotatable bonds is 5. The van der Waals surface area contributed by atoms with E-state index >= 15 is 0 Å². The highest BCUT2D eigenvalue weighted by Gasteiger charge is 2.05. The Labute approximate surface area is 97.6 Å². The summed E-state index contributed by atoms with van der Waals surface area (Å²) in [6, 6.07) is 10.1. The van der Waals surface area contributed by atoms with Crippen LogP contribution in [0, 0.1) is 0 Å². The molecule has 0 aromatic heterocycles. The van der Waals surface area contributed by atoms with Crippen molar-refractivity contribution in [3.8, 4) is 0 Å². The minimum atomic E-state index is 0.831. The highest BCUT2D eigenvalue weighted by molar-refractivity contribution is 5.84. The molecule has 1 rings (SSSR count). The predicted molar refractivity (Wildman–Crippen MR) is 73.1 cm³/mol. The molecular weight excluding hydrogens is 192 g/mol. The topological polar surface area (TPSA) is 0 Å². The van der Waals surface area contributed by atoms with Gasteiger partial charge in [0.05, 0.1) is 0 Å². The van der Waals surface area contributed by atoms with E-state index in [1.54, 1.807) is 12.2 Å². The maximum absolute atomic E-state index is 4.03. The molecule has 16 heavy (non-hydrogen) atoms. The Hall–Kier alpha value is -2.08. The second kappa shape index (κ2) is 5.72. The van der Waals surface area contributed by atoms with E-state index in [0.29, 0.717) is 0 Å². The standard InChI is InChI=1S/C16H16/c1-5-10-16(14(4)13(3)6-2)15-11-8-7-9-12-15/h5-12H,1-4H2/b16-10+. The van der Waals surface area contributed by atoms with E-state index in [9.17, 15) is 0 Å². The van der Waals surface area contributed by atoms with Gasteiger partial charge in [-0.25, -0.2) is 0 Å². The van der Waals surface area contributed by atoms with Gasteiger partial charge in [0.15, 0.2) is 0 Å². The van der Waals surface area contributed by atoms with Crippen molar-refractivity contribution in [1.29, 1.82) is 0 Å². The van der Waals surface area contributed by atoms with E-state index in [1.807, 2.05) is 36.4 Å². The third-order valence-corrected chi connectivity index (χ3v) is 2.33. The van der Waals surface area contributed by atoms with Crippen LogP contribution >= 0.6 is 0 Å². The Balaban J connectivity index is 3.17. The minimum Gasteiger partial charge on any atom is -0.0990 e. The van der Waals surface area contributed by atoms with Crippen LogP contribution in [0.1, 0.15) is 5.56 Å². The molecule has 0 aliphatic heterocycles. The Morgan fingerprint density at radius 1 is 1.00 bits per heavy atom. The second-order valence-electron chi connectivity index (χ2n) is 3.39. The van der Waals surface area contributed by atoms with Gasteiger partial charge < -0.3 is 0 Å². The van der Waals surface area contributed by atoms with Crippen LogP contribution in [0.15, 0.2) is 86.0 Å². The molecule has 0 N–H and O–H groups in total. The van der Waals surface area contributed by atoms with Crippen LogP contribution < -0.4 is 0 Å². The highest BCUT2D eigenvalue weighted by atomic mass is 14.1. The fourth-order valence-electron chi connectivity index (χ4n) is 1.40. The third kappa shape index (κ3) is 2.71. The zero-order valence-corrected chi connectivity index (χ0v) is 9.45. The Morgan fingerprint density at radius 2 is 1.62 bits per heavy atom. The summed E-state index contributed by atoms with van der Waals surface area (Å²) in [5.74, 6) is 0. The number of benzene rings is 1. The third-order valence-electron chi connectivity index (χ3n) is 2.33. The molecular formula is C16H16. The minimum absolute atomic E-state index is 0.831. The van der Waals surface area contributed by atoms with Crippen LogP contribution in [0.3, 0.4) is 0 Å². The van der Waals surface area contributed by atoms with E-state index in [1.165, 1.54) is 0 Å². The molecule has 80 valence electrons. The first-order valence-electron chi connectivity index (χ1n) is 5.09. The van der Waals surface area contributed by atoms with Crippen molar-refractivity contribution in [2.45, 2.75) is 0 Å². The first-order valence-corrected chi connectivity index (χ1v) is 5.09. The normalized spacial score (nSPS) is 10.6. The molecule has 1 aromatic carbocycles. The van der Waals surface area contributed by atoms with Gasteiger partial charge in [-0.3, -0.25) is 0 Å². The maximum atomic E-state index is 4.03. The summed E-state index contributed by atoms with van der Waals surface area (Å²) < 4.78 is 0. The van der Waals surface area contributed by atoms with Gasteiger partial charge in [0.2, 0.25) is 0 Å². The Kier molecular flexibility index (Phi) is 4.28. The van der Waals surface area contributed by atoms with E-state index in [-0.39, 0.29) is 0 Å². The van der Waals surface area contributed by atoms with Crippen molar-refractivity contribution in [3.05, 3.63) is 91.6 Å². The molecule has 0 spiro atoms. The van der Waals surface area contributed by atoms with E-state index in [0.717, 1.165) is 22.3 Å². The first-order chi connectivity index (χ1) is 7.70. The van der Waals surface area contributed by atoms with Crippen molar-refractivity contribution < 1.29 is 0 Å². The lowest BCUT2D eigenvalue weighted by Crippen LogP contribution is -1.90. The molecule has 0 heterocycles. The smallest absolute Gasteiger partial charge is 0.0112 e. The molecule has 0 amide bonds. The molecule has 0 aliphatic rings. The van der Waals surface area contributed by atoms with Crippen LogP contribution in [0.2, 0.25) is 0 Å². The van der Waals surface area contributed by atoms with E-state index < -0.39 is 0 Å². The highest BCUT2D eigenvalue weighted by Crippen LogP contribution is 2.26. The number of hydrogen-bond donors (Lipinski definition) is 0. The lowest BCUT2D eigenvalue weighted by molar-refractivity contribution is 1.55. The molecule has 0 unspecified atom stereocenters. The molecule has 0 saturated carbocycles. The zero-order valence-electron chi connectivity index (χ0n) is 9.45. The number of allylic oxidation sites excluding steroid dienone is 6. The summed E-state index contributed by atoms with van der Waals surface area (Å²) >= 11 is 0. The van der Waals surface area contributed by atoms with Crippen LogP contribution in [0.5, 0.6) is 0 Å². The van der Waals surface area contributed by atoms with Crippen molar-refractivity contribution in [3.63, 3.8) is 0 Å². The van der Waals surface area contributed by atoms with Crippen molar-refractivity contribution >= 4 is 5.57 Å². The largest absolute Gasteiger partial charge is 0.0990 e. The SMILES string of the molecule is C=C/C=C(\C(=C)C(=C)C=C)c1ccccc1. The summed E-state index contributed by atoms with van der Waals surface area (Å²) in [6.45, 7) is 15.4. The van der Waals surface area contributed by atoms with Crippen molar-refractivity contribution in [2.75, 3.05) is 0 Å². The average Bonchev–Trinajstić information content (AvgIpc) is 2.35. The molecule has 0 bridgehead atoms. The first kappa shape index (κ1) is 12.0. The van der Waals surface area contributed by atoms with Gasteiger partial charge in [-0.15, -0.1) is 0 Å². The van der Waals surface area contributed by atoms with Gasteiger partial charge in [0.1, 0.15) is 0 Å². The summed E-state index contributed by atoms with van der Waals surface area (Å²) in [7, 11) is 0. The van der Waals surface area contributed by atoms with Gasteiger partial charge in [-0.1, -0.05) is 74.9 Å². The lowest BCUT2D eigenvalue weighted by atomic mass is 9.94. The fraction of sp³-hybridized carbons (Fsp3) is 0. The fourth-order valence-corrected chi connectivity index (χ4v) is 1.40. The van der Waals surface area contributed by atoms with E-state index in [4.69, 9.17) is 0 Å². The molecule has 0 atom stereocenters. The van der Waals surface area contributed by atoms with Crippen molar-refractivity contribution in [1.82, 2.24) is 0 Å². The monoisotopic (exact) mass is 208 g/mol. The quantitative estimate of drug-likeness (QED) is 0.622. The van der Waals surface area contributed by atoms with Gasteiger partial charge in [0, 0.05) is 0 Å². The molecule has 0 nitrogen and oxygen atoms in total. The van der Waals surface area contributed by atoms with Crippen LogP contribution in [-0.4, -0.2) is 0 Å². The maximum Gasteiger partial charge on any atom is -0.0112 e. The van der Waals surface area contributed by atoms with Gasteiger partial charge in [-0.2, -0.15) is 0 Å². The van der Waals surface area contributed by atoms with Crippen LogP contribution in [-0.2, 0) is 0 Å². The molecule has 0 heteroatoms. The zero-order chi connectivity index (χ0) is 12.0. The summed E-state index contributed by atoms with van der Waals surface area (Å²) in [6.07, 6.45) is 5.40. The lowest BCUT2D eigenvalue weighted by Gasteiger charge is -2.10. The van der Waals surface area contributed by atoms with Crippen LogP contribution in [0.25, 0.3) is 5.57 Å². The summed E-state index contributed by atoms with van der Waals surface area (Å²) in [5, 5.41) is 0. The van der Waals surface area contributed by atoms with Crippen LogP contribution in [0.4, 0.5) is 0 Å². The molecule has 1 aromatic rings. The van der Waals surface area contributed by atoms with Crippen molar-refractivity contribution in [2.24, 2.45) is 0 Å². The molecule has 0 radical (unpaired) electrons. The average molecular weight is 208 g/mol.